The number of hydrogen-bond donors (Lipinski definition) is 0. The van der Waals surface area contributed by atoms with Crippen molar-refractivity contribution in [2.75, 3.05) is 7.11 Å². The minimum atomic E-state index is -0.790. The number of carbonyl (C=O) groups is 1. The normalized spacial score (nSPS) is 19.5. The molecule has 1 atom stereocenters. The number of ether oxygens (including phenoxy) is 2. The van der Waals surface area contributed by atoms with Crippen LogP contribution in [0.3, 0.4) is 0 Å². The first-order chi connectivity index (χ1) is 8.17. The molecule has 1 aliphatic rings. The molecular weight excluding hydrogens is 223 g/mol. The highest BCUT2D eigenvalue weighted by Gasteiger charge is 2.34. The van der Waals surface area contributed by atoms with Gasteiger partial charge in [0, 0.05) is 5.56 Å². The third-order valence-electron chi connectivity index (χ3n) is 2.69. The van der Waals surface area contributed by atoms with Gasteiger partial charge in [0.25, 0.3) is 0 Å². The fraction of sp³-hybridized carbons (Fsp3) is 0.308. The van der Waals surface area contributed by atoms with E-state index in [4.69, 9.17) is 9.47 Å². The number of rotatable bonds is 3. The summed E-state index contributed by atoms with van der Waals surface area (Å²) in [6.07, 6.45) is -0.224. The summed E-state index contributed by atoms with van der Waals surface area (Å²) in [6.45, 7) is 1.78. The molecule has 90 valence electrons. The topological polar surface area (TPSA) is 35.5 Å². The van der Waals surface area contributed by atoms with Crippen molar-refractivity contribution in [1.29, 1.82) is 0 Å². The minimum absolute atomic E-state index is 0.0319. The maximum absolute atomic E-state index is 13.7. The number of benzene rings is 1. The summed E-state index contributed by atoms with van der Waals surface area (Å²) in [6, 6.07) is 6.73. The van der Waals surface area contributed by atoms with Gasteiger partial charge < -0.3 is 9.47 Å². The largest absolute Gasteiger partial charge is 0.497 e. The minimum Gasteiger partial charge on any atom is -0.497 e. The lowest BCUT2D eigenvalue weighted by Crippen LogP contribution is -2.15. The summed E-state index contributed by atoms with van der Waals surface area (Å²) in [5.74, 6) is -0.657. The van der Waals surface area contributed by atoms with E-state index >= 15 is 0 Å². The average molecular weight is 236 g/mol. The van der Waals surface area contributed by atoms with Gasteiger partial charge in [0.1, 0.15) is 5.75 Å². The van der Waals surface area contributed by atoms with Crippen molar-refractivity contribution in [3.8, 4) is 5.75 Å². The van der Waals surface area contributed by atoms with Crippen molar-refractivity contribution >= 4 is 11.5 Å². The quantitative estimate of drug-likeness (QED) is 0.809. The van der Waals surface area contributed by atoms with Crippen LogP contribution in [0.5, 0.6) is 5.75 Å². The predicted molar refractivity (Wildman–Crippen MR) is 61.2 cm³/mol. The van der Waals surface area contributed by atoms with E-state index in [0.717, 1.165) is 0 Å². The Bertz CT molecular complexity index is 462. The molecule has 1 heterocycles. The van der Waals surface area contributed by atoms with Crippen LogP contribution in [0.15, 0.2) is 30.1 Å². The van der Waals surface area contributed by atoms with E-state index in [1.54, 1.807) is 38.3 Å². The van der Waals surface area contributed by atoms with Crippen LogP contribution in [0, 0.1) is 0 Å². The van der Waals surface area contributed by atoms with Crippen LogP contribution < -0.4 is 4.74 Å². The highest BCUT2D eigenvalue weighted by atomic mass is 19.1. The SMILES string of the molecule is CCC1OC(c2ccc(OC)cc2)=C(F)C1=O. The molecule has 2 rings (SSSR count). The molecule has 0 aliphatic carbocycles. The number of Topliss-reactive ketones (excluding diaryl/α,β-unsaturated/α-hetero) is 1. The number of carbonyl (C=O) groups excluding carboxylic acids is 1. The molecule has 0 saturated carbocycles. The van der Waals surface area contributed by atoms with Gasteiger partial charge in [-0.2, -0.15) is 4.39 Å². The van der Waals surface area contributed by atoms with Crippen LogP contribution in [-0.4, -0.2) is 19.0 Å². The average Bonchev–Trinajstić information content (AvgIpc) is 2.66. The first-order valence-corrected chi connectivity index (χ1v) is 5.42. The molecule has 17 heavy (non-hydrogen) atoms. The summed E-state index contributed by atoms with van der Waals surface area (Å²) >= 11 is 0. The Balaban J connectivity index is 2.31. The third-order valence-corrected chi connectivity index (χ3v) is 2.69. The molecule has 0 fully saturated rings. The lowest BCUT2D eigenvalue weighted by molar-refractivity contribution is -0.122. The van der Waals surface area contributed by atoms with Crippen LogP contribution >= 0.6 is 0 Å². The van der Waals surface area contributed by atoms with Gasteiger partial charge >= 0.3 is 0 Å². The number of hydrogen-bond acceptors (Lipinski definition) is 3. The van der Waals surface area contributed by atoms with Gasteiger partial charge in [0.05, 0.1) is 7.11 Å². The Morgan fingerprint density at radius 1 is 1.35 bits per heavy atom. The maximum Gasteiger partial charge on any atom is 0.235 e. The lowest BCUT2D eigenvalue weighted by atomic mass is 10.1. The second-order valence-corrected chi connectivity index (χ2v) is 3.75. The van der Waals surface area contributed by atoms with Crippen molar-refractivity contribution in [2.45, 2.75) is 19.4 Å². The number of halogens is 1. The molecule has 0 amide bonds. The third kappa shape index (κ3) is 2.02. The van der Waals surface area contributed by atoms with E-state index in [0.29, 0.717) is 17.7 Å². The summed E-state index contributed by atoms with van der Waals surface area (Å²) in [7, 11) is 1.55. The van der Waals surface area contributed by atoms with Gasteiger partial charge in [0.15, 0.2) is 11.9 Å². The highest BCUT2D eigenvalue weighted by molar-refractivity contribution is 6.05. The lowest BCUT2D eigenvalue weighted by Gasteiger charge is -2.09. The van der Waals surface area contributed by atoms with E-state index < -0.39 is 17.7 Å². The van der Waals surface area contributed by atoms with E-state index in [1.807, 2.05) is 0 Å². The molecular formula is C13H13FO3. The molecule has 0 aromatic heterocycles. The molecule has 1 unspecified atom stereocenters. The molecule has 1 aromatic carbocycles. The van der Waals surface area contributed by atoms with Gasteiger partial charge in [-0.25, -0.2) is 0 Å². The van der Waals surface area contributed by atoms with E-state index in [2.05, 4.69) is 0 Å². The molecule has 1 aromatic rings. The summed E-state index contributed by atoms with van der Waals surface area (Å²) in [5.41, 5.74) is 0.549. The summed E-state index contributed by atoms with van der Waals surface area (Å²) in [4.78, 5) is 11.5. The van der Waals surface area contributed by atoms with E-state index in [1.165, 1.54) is 0 Å². The zero-order valence-corrected chi connectivity index (χ0v) is 9.70. The Morgan fingerprint density at radius 2 is 2.00 bits per heavy atom. The fourth-order valence-electron chi connectivity index (χ4n) is 1.71. The fourth-order valence-corrected chi connectivity index (χ4v) is 1.71. The van der Waals surface area contributed by atoms with E-state index in [-0.39, 0.29) is 5.76 Å². The second-order valence-electron chi connectivity index (χ2n) is 3.75. The first kappa shape index (κ1) is 11.6. The van der Waals surface area contributed by atoms with Crippen molar-refractivity contribution in [3.63, 3.8) is 0 Å². The van der Waals surface area contributed by atoms with Gasteiger partial charge in [-0.15, -0.1) is 0 Å². The van der Waals surface area contributed by atoms with Crippen LogP contribution in [0.1, 0.15) is 18.9 Å². The van der Waals surface area contributed by atoms with Gasteiger partial charge in [-0.1, -0.05) is 6.92 Å². The van der Waals surface area contributed by atoms with Crippen molar-refractivity contribution in [3.05, 3.63) is 35.7 Å². The molecule has 0 bridgehead atoms. The Hall–Kier alpha value is -1.84. The van der Waals surface area contributed by atoms with Crippen molar-refractivity contribution in [1.82, 2.24) is 0 Å². The summed E-state index contributed by atoms with van der Waals surface area (Å²) < 4.78 is 24.0. The van der Waals surface area contributed by atoms with Gasteiger partial charge in [0.2, 0.25) is 11.6 Å². The molecule has 3 nitrogen and oxygen atoms in total. The zero-order chi connectivity index (χ0) is 12.4. The molecule has 0 spiro atoms. The van der Waals surface area contributed by atoms with Crippen LogP contribution in [0.2, 0.25) is 0 Å². The highest BCUT2D eigenvalue weighted by Crippen LogP contribution is 2.32. The Kier molecular flexibility index (Phi) is 3.13. The second kappa shape index (κ2) is 4.57. The first-order valence-electron chi connectivity index (χ1n) is 5.42. The Labute approximate surface area is 98.8 Å². The maximum atomic E-state index is 13.7. The molecule has 0 radical (unpaired) electrons. The van der Waals surface area contributed by atoms with Gasteiger partial charge in [-0.05, 0) is 30.7 Å². The molecule has 1 aliphatic heterocycles. The van der Waals surface area contributed by atoms with E-state index in [9.17, 15) is 9.18 Å². The smallest absolute Gasteiger partial charge is 0.235 e. The summed E-state index contributed by atoms with van der Waals surface area (Å²) in [5, 5.41) is 0. The van der Waals surface area contributed by atoms with Crippen LogP contribution in [0.25, 0.3) is 5.76 Å². The number of ketones is 1. The van der Waals surface area contributed by atoms with Crippen molar-refractivity contribution < 1.29 is 18.7 Å². The van der Waals surface area contributed by atoms with Gasteiger partial charge in [-0.3, -0.25) is 4.79 Å². The monoisotopic (exact) mass is 236 g/mol. The van der Waals surface area contributed by atoms with Crippen molar-refractivity contribution in [2.24, 2.45) is 0 Å². The molecule has 0 saturated heterocycles. The number of methoxy groups -OCH3 is 1. The van der Waals surface area contributed by atoms with Crippen LogP contribution in [-0.2, 0) is 9.53 Å². The van der Waals surface area contributed by atoms with Crippen LogP contribution in [0.4, 0.5) is 4.39 Å². The standard InChI is InChI=1S/C13H13FO3/c1-3-10-12(15)11(14)13(17-10)8-4-6-9(16-2)7-5-8/h4-7,10H,3H2,1-2H3. The predicted octanol–water partition coefficient (Wildman–Crippen LogP) is 2.71. The molecule has 4 heteroatoms. The zero-order valence-electron chi connectivity index (χ0n) is 9.70. The Morgan fingerprint density at radius 3 is 2.47 bits per heavy atom. The molecule has 0 N–H and O–H groups in total.